The Kier molecular flexibility index (Phi) is 4.18. The van der Waals surface area contributed by atoms with Gasteiger partial charge in [-0.3, -0.25) is 4.79 Å². The third-order valence-electron chi connectivity index (χ3n) is 3.80. The van der Waals surface area contributed by atoms with Gasteiger partial charge in [0.25, 0.3) is 5.91 Å². The monoisotopic (exact) mass is 309 g/mol. The van der Waals surface area contributed by atoms with Crippen LogP contribution in [0.4, 0.5) is 0 Å². The summed E-state index contributed by atoms with van der Waals surface area (Å²) >= 11 is 5.91. The molecule has 0 saturated heterocycles. The van der Waals surface area contributed by atoms with Crippen molar-refractivity contribution in [3.05, 3.63) is 69.7 Å². The summed E-state index contributed by atoms with van der Waals surface area (Å²) in [5, 5.41) is 0.626. The SMILES string of the molecule is Cc1ccc2c(c1)CCN(C(=O)C#Cc1cccc(Cl)c1)C2. The first-order chi connectivity index (χ1) is 10.6. The summed E-state index contributed by atoms with van der Waals surface area (Å²) in [5.74, 6) is 5.47. The van der Waals surface area contributed by atoms with Crippen molar-refractivity contribution < 1.29 is 4.79 Å². The number of hydrogen-bond acceptors (Lipinski definition) is 1. The van der Waals surface area contributed by atoms with Gasteiger partial charge in [-0.25, -0.2) is 0 Å². The van der Waals surface area contributed by atoms with Crippen molar-refractivity contribution >= 4 is 17.5 Å². The van der Waals surface area contributed by atoms with Crippen LogP contribution >= 0.6 is 11.6 Å². The molecular weight excluding hydrogens is 294 g/mol. The quantitative estimate of drug-likeness (QED) is 0.681. The van der Waals surface area contributed by atoms with Crippen molar-refractivity contribution in [3.8, 4) is 11.8 Å². The predicted molar refractivity (Wildman–Crippen MR) is 88.6 cm³/mol. The number of amides is 1. The maximum absolute atomic E-state index is 12.3. The van der Waals surface area contributed by atoms with Crippen LogP contribution in [0.15, 0.2) is 42.5 Å². The molecule has 3 heteroatoms. The lowest BCUT2D eigenvalue weighted by molar-refractivity contribution is -0.125. The zero-order valence-electron chi connectivity index (χ0n) is 12.4. The van der Waals surface area contributed by atoms with E-state index in [0.29, 0.717) is 11.6 Å². The van der Waals surface area contributed by atoms with Gasteiger partial charge in [0.2, 0.25) is 0 Å². The summed E-state index contributed by atoms with van der Waals surface area (Å²) in [6.45, 7) is 3.45. The van der Waals surface area contributed by atoms with E-state index in [2.05, 4.69) is 37.0 Å². The minimum absolute atomic E-state index is 0.133. The molecular formula is C19H16ClNO. The fourth-order valence-electron chi connectivity index (χ4n) is 2.63. The molecule has 0 N–H and O–H groups in total. The lowest BCUT2D eigenvalue weighted by atomic mass is 9.98. The van der Waals surface area contributed by atoms with Crippen molar-refractivity contribution in [2.75, 3.05) is 6.54 Å². The van der Waals surface area contributed by atoms with Crippen LogP contribution in [0, 0.1) is 18.8 Å². The summed E-state index contributed by atoms with van der Waals surface area (Å²) in [4.78, 5) is 14.1. The largest absolute Gasteiger partial charge is 0.327 e. The van der Waals surface area contributed by atoms with Crippen LogP contribution in [0.5, 0.6) is 0 Å². The van der Waals surface area contributed by atoms with Gasteiger partial charge >= 0.3 is 0 Å². The first kappa shape index (κ1) is 14.7. The summed E-state index contributed by atoms with van der Waals surface area (Å²) in [7, 11) is 0. The average molecular weight is 310 g/mol. The molecule has 2 nitrogen and oxygen atoms in total. The standard InChI is InChI=1S/C19H16ClNO/c1-14-5-7-17-13-21(10-9-16(17)11-14)19(22)8-6-15-3-2-4-18(20)12-15/h2-5,7,11-12H,9-10,13H2,1H3. The van der Waals surface area contributed by atoms with Gasteiger partial charge in [-0.05, 0) is 42.7 Å². The fourth-order valence-corrected chi connectivity index (χ4v) is 2.82. The molecule has 1 aliphatic rings. The van der Waals surface area contributed by atoms with Crippen molar-refractivity contribution in [2.45, 2.75) is 19.9 Å². The van der Waals surface area contributed by atoms with E-state index in [0.717, 1.165) is 18.5 Å². The zero-order chi connectivity index (χ0) is 15.5. The lowest BCUT2D eigenvalue weighted by Crippen LogP contribution is -2.35. The maximum Gasteiger partial charge on any atom is 0.299 e. The molecule has 0 unspecified atom stereocenters. The number of carbonyl (C=O) groups excluding carboxylic acids is 1. The van der Waals surface area contributed by atoms with Crippen molar-refractivity contribution in [3.63, 3.8) is 0 Å². The number of hydrogen-bond donors (Lipinski definition) is 0. The van der Waals surface area contributed by atoms with E-state index < -0.39 is 0 Å². The van der Waals surface area contributed by atoms with E-state index in [1.165, 1.54) is 16.7 Å². The average Bonchev–Trinajstić information content (AvgIpc) is 2.52. The van der Waals surface area contributed by atoms with Crippen LogP contribution in [0.1, 0.15) is 22.3 Å². The molecule has 0 fully saturated rings. The van der Waals surface area contributed by atoms with Gasteiger partial charge in [0.05, 0.1) is 0 Å². The van der Waals surface area contributed by atoms with E-state index in [1.807, 2.05) is 12.1 Å². The number of carbonyl (C=O) groups is 1. The molecule has 1 amide bonds. The predicted octanol–water partition coefficient (Wildman–Crippen LogP) is 3.58. The highest BCUT2D eigenvalue weighted by atomic mass is 35.5. The number of halogens is 1. The Labute approximate surface area is 135 Å². The van der Waals surface area contributed by atoms with Crippen LogP contribution in [-0.4, -0.2) is 17.4 Å². The number of nitrogens with zero attached hydrogens (tertiary/aromatic N) is 1. The van der Waals surface area contributed by atoms with Crippen molar-refractivity contribution in [1.82, 2.24) is 4.90 Å². The zero-order valence-corrected chi connectivity index (χ0v) is 13.2. The summed E-state index contributed by atoms with van der Waals surface area (Å²) in [5.41, 5.74) is 4.58. The Hall–Kier alpha value is -2.24. The second-order valence-electron chi connectivity index (χ2n) is 5.51. The smallest absolute Gasteiger partial charge is 0.299 e. The Morgan fingerprint density at radius 2 is 2.05 bits per heavy atom. The highest BCUT2D eigenvalue weighted by Gasteiger charge is 2.19. The highest BCUT2D eigenvalue weighted by Crippen LogP contribution is 2.20. The molecule has 22 heavy (non-hydrogen) atoms. The minimum atomic E-state index is -0.133. The minimum Gasteiger partial charge on any atom is -0.327 e. The third-order valence-corrected chi connectivity index (χ3v) is 4.03. The molecule has 0 aliphatic carbocycles. The molecule has 0 aromatic heterocycles. The third kappa shape index (κ3) is 3.32. The van der Waals surface area contributed by atoms with E-state index in [-0.39, 0.29) is 5.91 Å². The van der Waals surface area contributed by atoms with Crippen LogP contribution in [0.25, 0.3) is 0 Å². The second kappa shape index (κ2) is 6.25. The van der Waals surface area contributed by atoms with Crippen LogP contribution in [-0.2, 0) is 17.8 Å². The topological polar surface area (TPSA) is 20.3 Å². The molecule has 1 aliphatic heterocycles. The molecule has 0 saturated carbocycles. The number of fused-ring (bicyclic) bond motifs is 1. The van der Waals surface area contributed by atoms with Gasteiger partial charge in [0, 0.05) is 29.6 Å². The highest BCUT2D eigenvalue weighted by molar-refractivity contribution is 6.30. The van der Waals surface area contributed by atoms with Gasteiger partial charge in [-0.15, -0.1) is 0 Å². The van der Waals surface area contributed by atoms with E-state index in [9.17, 15) is 4.79 Å². The first-order valence-corrected chi connectivity index (χ1v) is 7.64. The summed E-state index contributed by atoms with van der Waals surface area (Å²) < 4.78 is 0. The van der Waals surface area contributed by atoms with Crippen LogP contribution < -0.4 is 0 Å². The lowest BCUT2D eigenvalue weighted by Gasteiger charge is -2.27. The first-order valence-electron chi connectivity index (χ1n) is 7.27. The van der Waals surface area contributed by atoms with E-state index >= 15 is 0 Å². The number of rotatable bonds is 0. The Balaban J connectivity index is 1.73. The molecule has 0 bridgehead atoms. The van der Waals surface area contributed by atoms with Gasteiger partial charge in [-0.2, -0.15) is 0 Å². The van der Waals surface area contributed by atoms with Crippen molar-refractivity contribution in [2.24, 2.45) is 0 Å². The molecule has 0 spiro atoms. The molecule has 2 aromatic rings. The van der Waals surface area contributed by atoms with Crippen molar-refractivity contribution in [1.29, 1.82) is 0 Å². The molecule has 3 rings (SSSR count). The molecule has 2 aromatic carbocycles. The Morgan fingerprint density at radius 3 is 2.86 bits per heavy atom. The molecule has 0 atom stereocenters. The van der Waals surface area contributed by atoms with Gasteiger partial charge in [-0.1, -0.05) is 47.4 Å². The van der Waals surface area contributed by atoms with Gasteiger partial charge in [0.1, 0.15) is 0 Å². The molecule has 1 heterocycles. The van der Waals surface area contributed by atoms with Gasteiger partial charge in [0.15, 0.2) is 0 Å². The maximum atomic E-state index is 12.3. The Bertz CT molecular complexity index is 786. The second-order valence-corrected chi connectivity index (χ2v) is 5.95. The molecule has 0 radical (unpaired) electrons. The van der Waals surface area contributed by atoms with Crippen LogP contribution in [0.3, 0.4) is 0 Å². The Morgan fingerprint density at radius 1 is 1.18 bits per heavy atom. The van der Waals surface area contributed by atoms with E-state index in [4.69, 9.17) is 11.6 Å². The fraction of sp³-hybridized carbons (Fsp3) is 0.211. The normalized spacial score (nSPS) is 13.1. The molecule has 110 valence electrons. The number of benzene rings is 2. The van der Waals surface area contributed by atoms with E-state index in [1.54, 1.807) is 17.0 Å². The summed E-state index contributed by atoms with van der Waals surface area (Å²) in [6, 6.07) is 13.6. The number of aryl methyl sites for hydroxylation is 1. The van der Waals surface area contributed by atoms with Crippen LogP contribution in [0.2, 0.25) is 5.02 Å². The summed E-state index contributed by atoms with van der Waals surface area (Å²) in [6.07, 6.45) is 0.890. The van der Waals surface area contributed by atoms with Gasteiger partial charge < -0.3 is 4.90 Å².